The number of hydrogen-bond acceptors (Lipinski definition) is 3. The summed E-state index contributed by atoms with van der Waals surface area (Å²) in [5.74, 6) is 0. The van der Waals surface area contributed by atoms with Crippen molar-refractivity contribution >= 4 is 145 Å². The molecular formula is C88H60BN5O. The molecule has 0 aliphatic carbocycles. The molecule has 20 rings (SSSR count). The molecule has 6 nitrogen and oxygen atoms in total. The number of para-hydroxylation sites is 7. The largest absolute Gasteiger partial charge is 0.456 e. The van der Waals surface area contributed by atoms with Gasteiger partial charge in [-0.25, -0.2) is 0 Å². The molecule has 14 aromatic carbocycles. The van der Waals surface area contributed by atoms with Crippen molar-refractivity contribution in [2.45, 2.75) is 26.2 Å². The summed E-state index contributed by atoms with van der Waals surface area (Å²) >= 11 is 0. The van der Waals surface area contributed by atoms with E-state index in [1.54, 1.807) is 9.13 Å². The number of hydrogen-bond donors (Lipinski definition) is 0. The second kappa shape index (κ2) is 20.2. The summed E-state index contributed by atoms with van der Waals surface area (Å²) in [5.41, 5.74) is 14.4. The Labute approximate surface area is 572 Å². The molecule has 6 heterocycles. The lowest BCUT2D eigenvalue weighted by Crippen LogP contribution is -2.61. The summed E-state index contributed by atoms with van der Waals surface area (Å²) < 4.78 is 163. The van der Waals surface area contributed by atoms with Crippen LogP contribution >= 0.6 is 0 Å². The zero-order valence-corrected chi connectivity index (χ0v) is 51.4. The van der Waals surface area contributed by atoms with Gasteiger partial charge in [0.25, 0.3) is 6.71 Å². The van der Waals surface area contributed by atoms with E-state index < -0.39 is 109 Å². The molecule has 18 aromatic rings. The van der Waals surface area contributed by atoms with E-state index in [-0.39, 0.29) is 43.6 Å². The van der Waals surface area contributed by atoms with E-state index in [0.29, 0.717) is 39.6 Å². The van der Waals surface area contributed by atoms with Gasteiger partial charge < -0.3 is 27.9 Å². The minimum atomic E-state index is -0.760. The predicted octanol–water partition coefficient (Wildman–Crippen LogP) is 21.6. The monoisotopic (exact) mass is 1230 g/mol. The highest BCUT2D eigenvalue weighted by molar-refractivity contribution is 7.00. The Bertz CT molecular complexity index is 7080. The van der Waals surface area contributed by atoms with Gasteiger partial charge in [0, 0.05) is 83.1 Å². The zero-order valence-electron chi connectivity index (χ0n) is 67.4. The second-order valence-electron chi connectivity index (χ2n) is 25.6. The molecule has 2 aliphatic heterocycles. The van der Waals surface area contributed by atoms with Crippen molar-refractivity contribution in [3.63, 3.8) is 0 Å². The maximum atomic E-state index is 9.82. The molecule has 0 saturated carbocycles. The number of fused-ring (bicyclic) bond motifs is 16. The quantitative estimate of drug-likeness (QED) is 0.149. The second-order valence-corrected chi connectivity index (χ2v) is 25.6. The van der Waals surface area contributed by atoms with Gasteiger partial charge in [0.1, 0.15) is 11.2 Å². The lowest BCUT2D eigenvalue weighted by Gasteiger charge is -2.46. The third-order valence-corrected chi connectivity index (χ3v) is 19.4. The van der Waals surface area contributed by atoms with Gasteiger partial charge in [-0.1, -0.05) is 221 Å². The fourth-order valence-corrected chi connectivity index (χ4v) is 15.3. The maximum absolute atomic E-state index is 9.82. The van der Waals surface area contributed by atoms with Crippen LogP contribution in [0.2, 0.25) is 0 Å². The molecule has 7 heteroatoms. The molecule has 0 N–H and O–H groups in total. The van der Waals surface area contributed by atoms with E-state index in [1.165, 1.54) is 0 Å². The molecule has 0 amide bonds. The molecule has 95 heavy (non-hydrogen) atoms. The molecule has 0 unspecified atom stereocenters. The van der Waals surface area contributed by atoms with Crippen LogP contribution in [-0.2, 0) is 5.41 Å². The lowest BCUT2D eigenvalue weighted by molar-refractivity contribution is 0.590. The molecule has 4 aromatic heterocycles. The first-order valence-corrected chi connectivity index (χ1v) is 31.7. The summed E-state index contributed by atoms with van der Waals surface area (Å²) in [7, 11) is 0. The van der Waals surface area contributed by atoms with E-state index in [4.69, 9.17) is 9.90 Å². The third-order valence-electron chi connectivity index (χ3n) is 19.4. The Morgan fingerprint density at radius 2 is 0.832 bits per heavy atom. The zero-order chi connectivity index (χ0) is 76.7. The number of furan rings is 1. The summed E-state index contributed by atoms with van der Waals surface area (Å²) in [5, 5.41) is 3.07. The maximum Gasteiger partial charge on any atom is 0.252 e. The smallest absolute Gasteiger partial charge is 0.252 e. The van der Waals surface area contributed by atoms with Gasteiger partial charge in [-0.05, 0) is 153 Å². The topological polar surface area (TPSA) is 34.4 Å². The van der Waals surface area contributed by atoms with Crippen molar-refractivity contribution in [3.8, 4) is 39.3 Å². The Morgan fingerprint density at radius 3 is 1.42 bits per heavy atom. The van der Waals surface area contributed by atoms with Gasteiger partial charge in [0.05, 0.1) is 71.8 Å². The molecular weight excluding hydrogens is 1150 g/mol. The van der Waals surface area contributed by atoms with Crippen LogP contribution < -0.4 is 26.2 Å². The van der Waals surface area contributed by atoms with E-state index in [1.807, 2.05) is 133 Å². The molecule has 0 radical (unpaired) electrons. The number of aromatic nitrogens is 3. The van der Waals surface area contributed by atoms with Crippen LogP contribution in [0.3, 0.4) is 0 Å². The van der Waals surface area contributed by atoms with E-state index in [2.05, 4.69) is 114 Å². The molecule has 2 aliphatic rings. The fourth-order valence-electron chi connectivity index (χ4n) is 15.3. The van der Waals surface area contributed by atoms with Crippen LogP contribution in [0.1, 0.15) is 48.3 Å². The van der Waals surface area contributed by atoms with Crippen LogP contribution in [0.25, 0.3) is 127 Å². The van der Waals surface area contributed by atoms with Crippen molar-refractivity contribution in [1.82, 2.24) is 13.7 Å². The lowest BCUT2D eigenvalue weighted by atomic mass is 9.33. The Balaban J connectivity index is 1.00. The highest BCUT2D eigenvalue weighted by atomic mass is 16.3. The molecule has 0 atom stereocenters. The van der Waals surface area contributed by atoms with E-state index in [9.17, 15) is 16.4 Å². The number of benzene rings is 14. The average molecular weight is 1230 g/mol. The predicted molar refractivity (Wildman–Crippen MR) is 400 cm³/mol. The summed E-state index contributed by atoms with van der Waals surface area (Å²) in [6.45, 7) is 5.73. The van der Waals surface area contributed by atoms with Crippen LogP contribution in [0.4, 0.5) is 34.1 Å². The van der Waals surface area contributed by atoms with Gasteiger partial charge in [0.2, 0.25) is 0 Å². The SMILES string of the molecule is [2H]c1c([2H])c([2H])c2c(c1[2H])c1c([2H])c([2H])c([2H])c([2H])c1n2-c1ccc2c(c1)N(c1c(-c3ccccc3)ccc3oc4ccccc4c13)c1cc(C(C)(C)C)cc3c1B2c1ccc(-n2c4c([2H])c([2H])c([2H])c([2H])c4c4c([2H])c([2H])c([2H])c([2H])c42)cc1N3c1cc(-c2ccccc2)cc2c1c1ccccc1n2-c1ccccc1. The first kappa shape index (κ1) is 40.0. The van der Waals surface area contributed by atoms with Gasteiger partial charge in [-0.3, -0.25) is 0 Å². The first-order chi connectivity index (χ1) is 53.4. The number of nitrogens with zero attached hydrogens (tertiary/aromatic N) is 5. The summed E-state index contributed by atoms with van der Waals surface area (Å²) in [6, 6.07) is 63.1. The van der Waals surface area contributed by atoms with E-state index >= 15 is 0 Å². The Morgan fingerprint density at radius 1 is 0.337 bits per heavy atom. The van der Waals surface area contributed by atoms with Crippen LogP contribution in [0, 0.1) is 0 Å². The van der Waals surface area contributed by atoms with Crippen LogP contribution in [-0.4, -0.2) is 20.4 Å². The number of rotatable bonds is 7. The van der Waals surface area contributed by atoms with Crippen LogP contribution in [0.15, 0.2) is 313 Å². The standard InChI is InChI=1S/C88H60BN5O/c1-88(2,3)58-51-80-86-81(52-58)94(87-62(56-27-9-5-10-28-56)45-48-83-85(87)68-36-18-24-42-82(68)95-83)77-54-61(92-73-39-21-15-33-65(73)66-34-16-22-40-74(66)92)44-47-70(77)89(86)69-46-43-60(91-71-37-19-13-31-63(71)64-32-14-20-38-72(64)91)53-76(69)93(80)79-50-57(55-25-7-4-8-26-55)49-78-84(79)67-35-17-23-41-75(67)90(78)59-29-11-6-12-30-59/h4-54H,1-3H3/i13D,14D,15D,16D,19D,20D,21D,22D,31D,32D,33D,34D,37D,38D,39D,40D. The Kier molecular flexibility index (Phi) is 8.52. The third kappa shape index (κ3) is 7.81. The van der Waals surface area contributed by atoms with Crippen molar-refractivity contribution in [1.29, 1.82) is 0 Å². The summed E-state index contributed by atoms with van der Waals surface area (Å²) in [6.07, 6.45) is 0. The Hall–Kier alpha value is -12.1. The molecule has 0 spiro atoms. The number of anilines is 6. The normalized spacial score (nSPS) is 15.3. The minimum Gasteiger partial charge on any atom is -0.456 e. The van der Waals surface area contributed by atoms with Gasteiger partial charge in [0.15, 0.2) is 0 Å². The van der Waals surface area contributed by atoms with Gasteiger partial charge in [-0.2, -0.15) is 0 Å². The minimum absolute atomic E-state index is 0.0523. The van der Waals surface area contributed by atoms with Crippen molar-refractivity contribution in [2.24, 2.45) is 0 Å². The molecule has 0 bridgehead atoms. The van der Waals surface area contributed by atoms with Crippen LogP contribution in [0.5, 0.6) is 0 Å². The fraction of sp³-hybridized carbons (Fsp3) is 0.0455. The van der Waals surface area contributed by atoms with E-state index in [0.717, 1.165) is 99.5 Å². The molecule has 0 saturated heterocycles. The van der Waals surface area contributed by atoms with Gasteiger partial charge >= 0.3 is 0 Å². The molecule has 0 fully saturated rings. The highest BCUT2D eigenvalue weighted by Gasteiger charge is 2.46. The van der Waals surface area contributed by atoms with Crippen molar-refractivity contribution < 1.29 is 26.3 Å². The molecule has 446 valence electrons. The van der Waals surface area contributed by atoms with Crippen molar-refractivity contribution in [2.75, 3.05) is 9.80 Å². The van der Waals surface area contributed by atoms with Gasteiger partial charge in [-0.15, -0.1) is 0 Å². The average Bonchev–Trinajstić information content (AvgIpc) is 1.62. The first-order valence-electron chi connectivity index (χ1n) is 39.7. The van der Waals surface area contributed by atoms with Crippen molar-refractivity contribution in [3.05, 3.63) is 315 Å². The highest BCUT2D eigenvalue weighted by Crippen LogP contribution is 2.54. The summed E-state index contributed by atoms with van der Waals surface area (Å²) in [4.78, 5) is 4.59.